The van der Waals surface area contributed by atoms with Crippen molar-refractivity contribution in [2.24, 2.45) is 11.7 Å². The summed E-state index contributed by atoms with van der Waals surface area (Å²) in [5.74, 6) is -1.52. The Morgan fingerprint density at radius 2 is 1.93 bits per heavy atom. The van der Waals surface area contributed by atoms with E-state index in [1.165, 1.54) is 11.3 Å². The minimum Gasteiger partial charge on any atom is -0.365 e. The normalized spacial score (nSPS) is 20.9. The molecule has 2 heterocycles. The summed E-state index contributed by atoms with van der Waals surface area (Å²) in [6.45, 7) is 3.11. The number of aryl methyl sites for hydroxylation is 1. The first-order valence-electron chi connectivity index (χ1n) is 9.65. The summed E-state index contributed by atoms with van der Waals surface area (Å²) in [7, 11) is 0. The Bertz CT molecular complexity index is 1060. The van der Waals surface area contributed by atoms with Gasteiger partial charge in [0.05, 0.1) is 5.56 Å². The molecular weight excluding hydrogens is 404 g/mol. The van der Waals surface area contributed by atoms with Crippen molar-refractivity contribution in [1.82, 2.24) is 10.2 Å². The maximum Gasteiger partial charge on any atom is 0.325 e. The van der Waals surface area contributed by atoms with Gasteiger partial charge in [0.2, 0.25) is 5.91 Å². The third-order valence-corrected chi connectivity index (χ3v) is 6.66. The van der Waals surface area contributed by atoms with Crippen LogP contribution in [-0.2, 0) is 9.59 Å². The number of nitrogens with one attached hydrogen (secondary N) is 2. The molecule has 1 aromatic carbocycles. The lowest BCUT2D eigenvalue weighted by Crippen LogP contribution is -2.46. The van der Waals surface area contributed by atoms with Crippen LogP contribution in [0.2, 0.25) is 0 Å². The van der Waals surface area contributed by atoms with Crippen LogP contribution in [0.15, 0.2) is 30.3 Å². The number of urea groups is 1. The van der Waals surface area contributed by atoms with Gasteiger partial charge in [-0.3, -0.25) is 19.3 Å². The lowest BCUT2D eigenvalue weighted by molar-refractivity contribution is -0.134. The number of nitrogens with zero attached hydrogens (tertiary/aromatic N) is 1. The van der Waals surface area contributed by atoms with Gasteiger partial charge in [-0.1, -0.05) is 30.3 Å². The zero-order valence-corrected chi connectivity index (χ0v) is 17.5. The van der Waals surface area contributed by atoms with E-state index in [0.29, 0.717) is 10.6 Å². The number of hydrogen-bond donors (Lipinski definition) is 3. The monoisotopic (exact) mass is 426 g/mol. The Hall–Kier alpha value is -3.20. The van der Waals surface area contributed by atoms with E-state index < -0.39 is 35.8 Å². The fraction of sp³-hybridized carbons (Fsp3) is 0.333. The Kier molecular flexibility index (Phi) is 4.85. The molecule has 8 nitrogen and oxygen atoms in total. The van der Waals surface area contributed by atoms with Crippen molar-refractivity contribution < 1.29 is 19.2 Å². The van der Waals surface area contributed by atoms with Crippen molar-refractivity contribution in [3.63, 3.8) is 0 Å². The van der Waals surface area contributed by atoms with E-state index in [9.17, 15) is 19.2 Å². The molecule has 1 unspecified atom stereocenters. The minimum atomic E-state index is -0.949. The Morgan fingerprint density at radius 1 is 1.27 bits per heavy atom. The SMILES string of the molecule is Cc1sc(NC(=O)CN2C(=O)NC(C)(C3CC3)C2=O)c(C(N)=O)c1-c1ccccc1. The van der Waals surface area contributed by atoms with Crippen LogP contribution in [0.4, 0.5) is 9.80 Å². The Morgan fingerprint density at radius 3 is 2.53 bits per heavy atom. The summed E-state index contributed by atoms with van der Waals surface area (Å²) in [6, 6.07) is 8.71. The third kappa shape index (κ3) is 3.35. The molecule has 1 aliphatic heterocycles. The zero-order chi connectivity index (χ0) is 21.6. The lowest BCUT2D eigenvalue weighted by atomic mass is 9.96. The van der Waals surface area contributed by atoms with Crippen LogP contribution in [0.1, 0.15) is 35.0 Å². The molecule has 5 amide bonds. The molecule has 2 aromatic rings. The number of anilines is 1. The summed E-state index contributed by atoms with van der Waals surface area (Å²) in [5.41, 5.74) is 6.36. The van der Waals surface area contributed by atoms with E-state index in [4.69, 9.17) is 5.73 Å². The number of carbonyl (C=O) groups is 4. The highest BCUT2D eigenvalue weighted by Gasteiger charge is 2.56. The van der Waals surface area contributed by atoms with Gasteiger partial charge < -0.3 is 16.4 Å². The van der Waals surface area contributed by atoms with Crippen LogP contribution >= 0.6 is 11.3 Å². The number of thiophene rings is 1. The van der Waals surface area contributed by atoms with Crippen LogP contribution in [0.3, 0.4) is 0 Å². The van der Waals surface area contributed by atoms with E-state index in [1.54, 1.807) is 6.92 Å². The smallest absolute Gasteiger partial charge is 0.325 e. The molecule has 1 aromatic heterocycles. The van der Waals surface area contributed by atoms with Gasteiger partial charge in [0, 0.05) is 10.4 Å². The number of rotatable bonds is 6. The van der Waals surface area contributed by atoms with Crippen molar-refractivity contribution in [3.8, 4) is 11.1 Å². The van der Waals surface area contributed by atoms with Gasteiger partial charge in [-0.15, -0.1) is 11.3 Å². The first-order valence-corrected chi connectivity index (χ1v) is 10.5. The summed E-state index contributed by atoms with van der Waals surface area (Å²) < 4.78 is 0. The fourth-order valence-corrected chi connectivity index (χ4v) is 5.02. The lowest BCUT2D eigenvalue weighted by Gasteiger charge is -2.20. The van der Waals surface area contributed by atoms with Crippen molar-refractivity contribution in [2.45, 2.75) is 32.2 Å². The van der Waals surface area contributed by atoms with E-state index in [0.717, 1.165) is 28.2 Å². The fourth-order valence-electron chi connectivity index (χ4n) is 3.93. The second-order valence-corrected chi connectivity index (χ2v) is 9.04. The molecule has 1 atom stereocenters. The van der Waals surface area contributed by atoms with Gasteiger partial charge in [-0.25, -0.2) is 4.79 Å². The number of carbonyl (C=O) groups excluding carboxylic acids is 4. The van der Waals surface area contributed by atoms with Crippen LogP contribution in [0, 0.1) is 12.8 Å². The van der Waals surface area contributed by atoms with E-state index in [-0.39, 0.29) is 11.5 Å². The first kappa shape index (κ1) is 20.1. The molecule has 0 spiro atoms. The zero-order valence-electron chi connectivity index (χ0n) is 16.7. The molecular formula is C21H22N4O4S. The topological polar surface area (TPSA) is 122 Å². The number of imide groups is 1. The second kappa shape index (κ2) is 7.24. The quantitative estimate of drug-likeness (QED) is 0.614. The van der Waals surface area contributed by atoms with Gasteiger partial charge in [-0.05, 0) is 38.2 Å². The van der Waals surface area contributed by atoms with E-state index >= 15 is 0 Å². The average molecular weight is 426 g/mol. The predicted molar refractivity (Wildman–Crippen MR) is 113 cm³/mol. The van der Waals surface area contributed by atoms with E-state index in [2.05, 4.69) is 10.6 Å². The highest BCUT2D eigenvalue weighted by Crippen LogP contribution is 2.43. The number of primary amides is 1. The van der Waals surface area contributed by atoms with Crippen LogP contribution in [-0.4, -0.2) is 40.7 Å². The number of hydrogen-bond acceptors (Lipinski definition) is 5. The van der Waals surface area contributed by atoms with Crippen molar-refractivity contribution >= 4 is 40.1 Å². The van der Waals surface area contributed by atoms with Gasteiger partial charge in [0.25, 0.3) is 11.8 Å². The number of nitrogens with two attached hydrogens (primary N) is 1. The molecule has 4 N–H and O–H groups in total. The molecule has 1 saturated heterocycles. The van der Waals surface area contributed by atoms with Gasteiger partial charge >= 0.3 is 6.03 Å². The molecule has 1 aliphatic carbocycles. The maximum absolute atomic E-state index is 12.7. The molecule has 9 heteroatoms. The molecule has 0 bridgehead atoms. The van der Waals surface area contributed by atoms with Crippen LogP contribution < -0.4 is 16.4 Å². The molecule has 2 fully saturated rings. The summed E-state index contributed by atoms with van der Waals surface area (Å²) >= 11 is 1.23. The summed E-state index contributed by atoms with van der Waals surface area (Å²) in [6.07, 6.45) is 1.75. The molecule has 2 aliphatic rings. The van der Waals surface area contributed by atoms with Crippen LogP contribution in [0.5, 0.6) is 0 Å². The molecule has 30 heavy (non-hydrogen) atoms. The molecule has 0 radical (unpaired) electrons. The van der Waals surface area contributed by atoms with Crippen molar-refractivity contribution in [1.29, 1.82) is 0 Å². The second-order valence-electron chi connectivity index (χ2n) is 7.81. The molecule has 156 valence electrons. The standard InChI is InChI=1S/C21H22N4O4S/c1-11-15(12-6-4-3-5-7-12)16(17(22)27)18(30-11)23-14(26)10-25-19(28)21(2,13-8-9-13)24-20(25)29/h3-7,13H,8-10H2,1-2H3,(H2,22,27)(H,23,26)(H,24,29). The highest BCUT2D eigenvalue weighted by molar-refractivity contribution is 7.17. The van der Waals surface area contributed by atoms with Gasteiger partial charge in [-0.2, -0.15) is 0 Å². The number of amides is 5. The first-order chi connectivity index (χ1) is 14.2. The Labute approximate surface area is 177 Å². The number of benzene rings is 1. The minimum absolute atomic E-state index is 0.108. The van der Waals surface area contributed by atoms with Gasteiger partial charge in [0.15, 0.2) is 0 Å². The predicted octanol–water partition coefficient (Wildman–Crippen LogP) is 2.48. The van der Waals surface area contributed by atoms with Crippen molar-refractivity contribution in [3.05, 3.63) is 40.8 Å². The van der Waals surface area contributed by atoms with Crippen LogP contribution in [0.25, 0.3) is 11.1 Å². The molecule has 4 rings (SSSR count). The average Bonchev–Trinajstić information content (AvgIpc) is 3.46. The van der Waals surface area contributed by atoms with Crippen molar-refractivity contribution in [2.75, 3.05) is 11.9 Å². The third-order valence-electron chi connectivity index (χ3n) is 5.64. The van der Waals surface area contributed by atoms with E-state index in [1.807, 2.05) is 37.3 Å². The Balaban J connectivity index is 1.56. The molecule has 1 saturated carbocycles. The highest BCUT2D eigenvalue weighted by atomic mass is 32.1. The summed E-state index contributed by atoms with van der Waals surface area (Å²) in [4.78, 5) is 51.6. The largest absolute Gasteiger partial charge is 0.365 e. The maximum atomic E-state index is 12.7. The van der Waals surface area contributed by atoms with Gasteiger partial charge in [0.1, 0.15) is 17.1 Å². The summed E-state index contributed by atoms with van der Waals surface area (Å²) in [5, 5.41) is 5.69.